The zero-order valence-electron chi connectivity index (χ0n) is 9.46. The molecule has 1 aromatic heterocycles. The Kier molecular flexibility index (Phi) is 3.57. The van der Waals surface area contributed by atoms with E-state index >= 15 is 0 Å². The third kappa shape index (κ3) is 2.48. The Labute approximate surface area is 111 Å². The molecule has 1 aromatic carbocycles. The Hall–Kier alpha value is -1.95. The summed E-state index contributed by atoms with van der Waals surface area (Å²) in [5.74, 6) is 0.126. The largest absolute Gasteiger partial charge is 0.348 e. The van der Waals surface area contributed by atoms with Gasteiger partial charge in [-0.3, -0.25) is 10.1 Å². The van der Waals surface area contributed by atoms with Gasteiger partial charge < -0.3 is 4.52 Å². The SMILES string of the molecule is Cc1noc(/C(Br)=C/c2ccccc2)c1[N+](=O)[O-]. The summed E-state index contributed by atoms with van der Waals surface area (Å²) in [7, 11) is 0. The lowest BCUT2D eigenvalue weighted by molar-refractivity contribution is -0.386. The van der Waals surface area contributed by atoms with Gasteiger partial charge in [-0.2, -0.15) is 0 Å². The van der Waals surface area contributed by atoms with Crippen molar-refractivity contribution in [2.24, 2.45) is 0 Å². The monoisotopic (exact) mass is 308 g/mol. The lowest BCUT2D eigenvalue weighted by atomic mass is 10.2. The molecule has 0 saturated carbocycles. The Bertz CT molecular complexity index is 605. The molecule has 0 aliphatic carbocycles. The maximum atomic E-state index is 10.9. The van der Waals surface area contributed by atoms with Crippen LogP contribution in [-0.2, 0) is 0 Å². The molecule has 2 rings (SSSR count). The maximum Gasteiger partial charge on any atom is 0.339 e. The first-order valence-corrected chi connectivity index (χ1v) is 5.92. The predicted molar refractivity (Wildman–Crippen MR) is 71.1 cm³/mol. The van der Waals surface area contributed by atoms with Crippen molar-refractivity contribution in [1.82, 2.24) is 5.16 Å². The minimum Gasteiger partial charge on any atom is -0.348 e. The van der Waals surface area contributed by atoms with Gasteiger partial charge in [0.1, 0.15) is 0 Å². The number of hydrogen-bond acceptors (Lipinski definition) is 4. The van der Waals surface area contributed by atoms with Gasteiger partial charge in [0.05, 0.1) is 9.41 Å². The van der Waals surface area contributed by atoms with Crippen molar-refractivity contribution in [3.63, 3.8) is 0 Å². The van der Waals surface area contributed by atoms with Crippen LogP contribution in [0.5, 0.6) is 0 Å². The van der Waals surface area contributed by atoms with Crippen molar-refractivity contribution in [3.8, 4) is 0 Å². The van der Waals surface area contributed by atoms with E-state index in [2.05, 4.69) is 21.1 Å². The Morgan fingerprint density at radius 3 is 2.72 bits per heavy atom. The van der Waals surface area contributed by atoms with E-state index in [1.54, 1.807) is 6.08 Å². The molecule has 5 nitrogen and oxygen atoms in total. The highest BCUT2D eigenvalue weighted by Crippen LogP contribution is 2.33. The van der Waals surface area contributed by atoms with Crippen molar-refractivity contribution >= 4 is 32.2 Å². The second-order valence-corrected chi connectivity index (χ2v) is 4.46. The molecule has 0 aliphatic heterocycles. The van der Waals surface area contributed by atoms with Gasteiger partial charge >= 0.3 is 5.69 Å². The molecular formula is C12H9BrN2O3. The number of rotatable bonds is 3. The number of nitrogens with zero attached hydrogens (tertiary/aromatic N) is 2. The van der Waals surface area contributed by atoms with Gasteiger partial charge in [0.25, 0.3) is 5.76 Å². The van der Waals surface area contributed by atoms with Gasteiger partial charge in [-0.25, -0.2) is 0 Å². The van der Waals surface area contributed by atoms with Crippen LogP contribution in [0.3, 0.4) is 0 Å². The smallest absolute Gasteiger partial charge is 0.339 e. The van der Waals surface area contributed by atoms with Crippen LogP contribution >= 0.6 is 15.9 Å². The van der Waals surface area contributed by atoms with E-state index in [1.165, 1.54) is 6.92 Å². The van der Waals surface area contributed by atoms with E-state index < -0.39 is 4.92 Å². The standard InChI is InChI=1S/C12H9BrN2O3/c1-8-11(15(16)17)12(18-14-8)10(13)7-9-5-3-2-4-6-9/h2-7H,1H3/b10-7-. The fraction of sp³-hybridized carbons (Fsp3) is 0.0833. The van der Waals surface area contributed by atoms with Gasteiger partial charge in [-0.05, 0) is 34.5 Å². The minimum atomic E-state index is -0.499. The van der Waals surface area contributed by atoms with Crippen LogP contribution in [0.15, 0.2) is 34.9 Å². The van der Waals surface area contributed by atoms with Crippen molar-refractivity contribution in [1.29, 1.82) is 0 Å². The molecule has 0 radical (unpaired) electrons. The summed E-state index contributed by atoms with van der Waals surface area (Å²) >= 11 is 3.28. The zero-order valence-corrected chi connectivity index (χ0v) is 11.0. The summed E-state index contributed by atoms with van der Waals surface area (Å²) in [5.41, 5.74) is 1.05. The van der Waals surface area contributed by atoms with Gasteiger partial charge in [-0.1, -0.05) is 35.5 Å². The van der Waals surface area contributed by atoms with E-state index in [1.807, 2.05) is 30.3 Å². The first kappa shape index (κ1) is 12.5. The molecule has 0 saturated heterocycles. The number of aryl methyl sites for hydroxylation is 1. The molecule has 6 heteroatoms. The molecule has 0 spiro atoms. The van der Waals surface area contributed by atoms with Gasteiger partial charge in [0, 0.05) is 0 Å². The summed E-state index contributed by atoms with van der Waals surface area (Å²) in [5, 5.41) is 14.5. The van der Waals surface area contributed by atoms with E-state index in [4.69, 9.17) is 4.52 Å². The third-order valence-corrected chi connectivity index (χ3v) is 2.91. The molecule has 0 N–H and O–H groups in total. The normalized spacial score (nSPS) is 11.6. The number of nitro groups is 1. The molecule has 2 aromatic rings. The summed E-state index contributed by atoms with van der Waals surface area (Å²) in [6.45, 7) is 1.54. The molecule has 1 heterocycles. The quantitative estimate of drug-likeness (QED) is 0.639. The summed E-state index contributed by atoms with van der Waals surface area (Å²) in [6, 6.07) is 9.43. The fourth-order valence-electron chi connectivity index (χ4n) is 1.50. The first-order valence-electron chi connectivity index (χ1n) is 5.13. The molecule has 0 atom stereocenters. The molecule has 0 unspecified atom stereocenters. The van der Waals surface area contributed by atoms with Crippen LogP contribution in [0.25, 0.3) is 10.6 Å². The number of halogens is 1. The van der Waals surface area contributed by atoms with Gasteiger partial charge in [0.2, 0.25) is 0 Å². The Morgan fingerprint density at radius 2 is 2.11 bits per heavy atom. The minimum absolute atomic E-state index is 0.117. The second kappa shape index (κ2) is 5.14. The van der Waals surface area contributed by atoms with Crippen LogP contribution in [0.1, 0.15) is 17.0 Å². The van der Waals surface area contributed by atoms with Crippen molar-refractivity contribution < 1.29 is 9.45 Å². The highest BCUT2D eigenvalue weighted by molar-refractivity contribution is 9.15. The number of benzene rings is 1. The van der Waals surface area contributed by atoms with Crippen molar-refractivity contribution in [3.05, 3.63) is 57.5 Å². The average Bonchev–Trinajstić information content (AvgIpc) is 2.72. The van der Waals surface area contributed by atoms with Crippen LogP contribution in [0.4, 0.5) is 5.69 Å². The lowest BCUT2D eigenvalue weighted by Crippen LogP contribution is -1.91. The van der Waals surface area contributed by atoms with E-state index in [0.717, 1.165) is 5.56 Å². The van der Waals surface area contributed by atoms with E-state index in [9.17, 15) is 10.1 Å². The van der Waals surface area contributed by atoms with Crippen molar-refractivity contribution in [2.45, 2.75) is 6.92 Å². The van der Waals surface area contributed by atoms with Crippen LogP contribution in [-0.4, -0.2) is 10.1 Å². The molecule has 18 heavy (non-hydrogen) atoms. The van der Waals surface area contributed by atoms with Crippen LogP contribution < -0.4 is 0 Å². The van der Waals surface area contributed by atoms with Gasteiger partial charge in [-0.15, -0.1) is 0 Å². The van der Waals surface area contributed by atoms with E-state index in [-0.39, 0.29) is 17.1 Å². The molecule has 0 aliphatic rings. The lowest BCUT2D eigenvalue weighted by Gasteiger charge is -1.95. The summed E-state index contributed by atoms with van der Waals surface area (Å²) < 4.78 is 5.47. The molecule has 0 fully saturated rings. The van der Waals surface area contributed by atoms with Gasteiger partial charge in [0.15, 0.2) is 5.69 Å². The Morgan fingerprint density at radius 1 is 1.44 bits per heavy atom. The number of aromatic nitrogens is 1. The maximum absolute atomic E-state index is 10.9. The zero-order chi connectivity index (χ0) is 13.1. The fourth-order valence-corrected chi connectivity index (χ4v) is 2.02. The highest BCUT2D eigenvalue weighted by Gasteiger charge is 2.25. The second-order valence-electron chi connectivity index (χ2n) is 3.61. The Balaban J connectivity index is 2.44. The first-order chi connectivity index (χ1) is 8.59. The predicted octanol–water partition coefficient (Wildman–Crippen LogP) is 3.78. The van der Waals surface area contributed by atoms with Crippen LogP contribution in [0.2, 0.25) is 0 Å². The van der Waals surface area contributed by atoms with Crippen LogP contribution in [0, 0.1) is 17.0 Å². The van der Waals surface area contributed by atoms with Crippen molar-refractivity contribution in [2.75, 3.05) is 0 Å². The average molecular weight is 309 g/mol. The summed E-state index contributed by atoms with van der Waals surface area (Å²) in [4.78, 5) is 10.4. The number of hydrogen-bond donors (Lipinski definition) is 0. The van der Waals surface area contributed by atoms with E-state index in [0.29, 0.717) is 4.48 Å². The molecular weight excluding hydrogens is 300 g/mol. The third-order valence-electron chi connectivity index (χ3n) is 2.32. The topological polar surface area (TPSA) is 69.2 Å². The molecule has 0 amide bonds. The molecule has 0 bridgehead atoms. The highest BCUT2D eigenvalue weighted by atomic mass is 79.9. The molecule has 92 valence electrons. The summed E-state index contributed by atoms with van der Waals surface area (Å²) in [6.07, 6.45) is 1.74.